The number of nitrogens with zero attached hydrogens (tertiary/aromatic N) is 1. The minimum Gasteiger partial charge on any atom is -0.348 e. The van der Waals surface area contributed by atoms with Gasteiger partial charge in [0.15, 0.2) is 5.79 Å². The van der Waals surface area contributed by atoms with Gasteiger partial charge in [-0.3, -0.25) is 4.98 Å². The molecule has 2 heterocycles. The monoisotopic (exact) mass is 326 g/mol. The van der Waals surface area contributed by atoms with Crippen molar-refractivity contribution in [3.05, 3.63) is 30.1 Å². The van der Waals surface area contributed by atoms with Gasteiger partial charge in [0.2, 0.25) is 0 Å². The van der Waals surface area contributed by atoms with Crippen molar-refractivity contribution in [2.75, 3.05) is 6.61 Å². The highest BCUT2D eigenvalue weighted by Gasteiger charge is 2.39. The molecule has 1 saturated heterocycles. The molecule has 1 aliphatic heterocycles. The van der Waals surface area contributed by atoms with E-state index in [2.05, 4.69) is 9.71 Å². The van der Waals surface area contributed by atoms with Crippen molar-refractivity contribution >= 4 is 11.0 Å². The summed E-state index contributed by atoms with van der Waals surface area (Å²) in [7, 11) is -1.18. The number of nitrogens with one attached hydrogen (secondary N) is 1. The van der Waals surface area contributed by atoms with Gasteiger partial charge in [-0.05, 0) is 46.8 Å². The van der Waals surface area contributed by atoms with Crippen LogP contribution in [0.15, 0.2) is 24.4 Å². The normalized spacial score (nSPS) is 24.1. The van der Waals surface area contributed by atoms with Crippen LogP contribution in [0, 0.1) is 0 Å². The van der Waals surface area contributed by atoms with E-state index in [1.807, 2.05) is 52.8 Å². The number of aromatic nitrogens is 1. The number of rotatable bonds is 5. The first-order valence-electron chi connectivity index (χ1n) is 7.57. The van der Waals surface area contributed by atoms with E-state index in [0.717, 1.165) is 5.69 Å². The smallest absolute Gasteiger partial charge is 0.163 e. The van der Waals surface area contributed by atoms with Crippen LogP contribution in [-0.2, 0) is 26.9 Å². The Bertz CT molecular complexity index is 514. The zero-order valence-electron chi connectivity index (χ0n) is 14.0. The van der Waals surface area contributed by atoms with E-state index in [-0.39, 0.29) is 16.9 Å². The Hall–Kier alpha value is -0.820. The van der Waals surface area contributed by atoms with Gasteiger partial charge >= 0.3 is 0 Å². The maximum Gasteiger partial charge on any atom is 0.163 e. The summed E-state index contributed by atoms with van der Waals surface area (Å²) >= 11 is 0. The van der Waals surface area contributed by atoms with Crippen LogP contribution in [-0.4, -0.2) is 38.5 Å². The molecule has 0 radical (unpaired) electrons. The van der Waals surface area contributed by atoms with Gasteiger partial charge < -0.3 is 9.47 Å². The largest absolute Gasteiger partial charge is 0.348 e. The van der Waals surface area contributed by atoms with Crippen LogP contribution in [0.25, 0.3) is 0 Å². The molecule has 0 saturated carbocycles. The molecule has 0 unspecified atom stereocenters. The lowest BCUT2D eigenvalue weighted by molar-refractivity contribution is -0.141. The molecule has 2 rings (SSSR count). The third kappa shape index (κ3) is 4.84. The summed E-state index contributed by atoms with van der Waals surface area (Å²) in [6.07, 6.45) is 2.26. The molecule has 1 fully saturated rings. The highest BCUT2D eigenvalue weighted by molar-refractivity contribution is 7.84. The second kappa shape index (κ2) is 6.74. The Morgan fingerprint density at radius 3 is 2.68 bits per heavy atom. The fourth-order valence-corrected chi connectivity index (χ4v) is 3.08. The lowest BCUT2D eigenvalue weighted by atomic mass is 10.1. The molecule has 3 atom stereocenters. The molecule has 1 aromatic heterocycles. The Labute approximate surface area is 135 Å². The van der Waals surface area contributed by atoms with Gasteiger partial charge in [0, 0.05) is 18.3 Å². The van der Waals surface area contributed by atoms with E-state index < -0.39 is 16.8 Å². The summed E-state index contributed by atoms with van der Waals surface area (Å²) < 4.78 is 26.9. The first-order valence-corrected chi connectivity index (χ1v) is 8.72. The highest BCUT2D eigenvalue weighted by atomic mass is 32.2. The van der Waals surface area contributed by atoms with Crippen molar-refractivity contribution in [3.63, 3.8) is 0 Å². The number of hydrogen-bond donors (Lipinski definition) is 1. The highest BCUT2D eigenvalue weighted by Crippen LogP contribution is 2.26. The molecule has 124 valence electrons. The van der Waals surface area contributed by atoms with E-state index in [4.69, 9.17) is 9.47 Å². The lowest BCUT2D eigenvalue weighted by Gasteiger charge is -2.28. The molecule has 0 bridgehead atoms. The van der Waals surface area contributed by atoms with Gasteiger partial charge in [-0.15, -0.1) is 0 Å². The SMILES string of the molecule is CC1(C)OC[C@H]([C@H](Cc2ccccn2)N[S@](=O)C(C)(C)C)O1. The Morgan fingerprint density at radius 2 is 2.18 bits per heavy atom. The van der Waals surface area contributed by atoms with Crippen LogP contribution in [0.2, 0.25) is 0 Å². The molecule has 0 aliphatic carbocycles. The maximum atomic E-state index is 12.5. The topological polar surface area (TPSA) is 60.5 Å². The zero-order valence-corrected chi connectivity index (χ0v) is 14.8. The maximum absolute atomic E-state index is 12.5. The molecular weight excluding hydrogens is 300 g/mol. The molecule has 0 aromatic carbocycles. The third-order valence-electron chi connectivity index (χ3n) is 3.45. The Kier molecular flexibility index (Phi) is 5.37. The molecular formula is C16H26N2O3S. The summed E-state index contributed by atoms with van der Waals surface area (Å²) in [5.74, 6) is -0.599. The zero-order chi connectivity index (χ0) is 16.4. The minimum absolute atomic E-state index is 0.114. The van der Waals surface area contributed by atoms with Crippen molar-refractivity contribution in [2.24, 2.45) is 0 Å². The fourth-order valence-electron chi connectivity index (χ4n) is 2.22. The van der Waals surface area contributed by atoms with Crippen LogP contribution >= 0.6 is 0 Å². The molecule has 1 aliphatic rings. The second-order valence-electron chi connectivity index (χ2n) is 7.00. The van der Waals surface area contributed by atoms with E-state index in [9.17, 15) is 4.21 Å². The van der Waals surface area contributed by atoms with Crippen LogP contribution < -0.4 is 4.72 Å². The molecule has 1 N–H and O–H groups in total. The van der Waals surface area contributed by atoms with E-state index in [0.29, 0.717) is 13.0 Å². The van der Waals surface area contributed by atoms with Crippen LogP contribution in [0.4, 0.5) is 0 Å². The quantitative estimate of drug-likeness (QED) is 0.901. The van der Waals surface area contributed by atoms with Crippen LogP contribution in [0.5, 0.6) is 0 Å². The summed E-state index contributed by atoms with van der Waals surface area (Å²) in [4.78, 5) is 4.36. The summed E-state index contributed by atoms with van der Waals surface area (Å²) in [5.41, 5.74) is 0.944. The van der Waals surface area contributed by atoms with Crippen molar-refractivity contribution in [3.8, 4) is 0 Å². The van der Waals surface area contributed by atoms with Gasteiger partial charge in [0.1, 0.15) is 6.10 Å². The fraction of sp³-hybridized carbons (Fsp3) is 0.688. The van der Waals surface area contributed by atoms with Gasteiger partial charge in [-0.2, -0.15) is 0 Å². The summed E-state index contributed by atoms with van der Waals surface area (Å²) in [6.45, 7) is 10.1. The molecule has 0 spiro atoms. The predicted octanol–water partition coefficient (Wildman–Crippen LogP) is 2.20. The van der Waals surface area contributed by atoms with Crippen molar-refractivity contribution in [1.82, 2.24) is 9.71 Å². The lowest BCUT2D eigenvalue weighted by Crippen LogP contribution is -2.48. The van der Waals surface area contributed by atoms with E-state index >= 15 is 0 Å². The Morgan fingerprint density at radius 1 is 1.45 bits per heavy atom. The van der Waals surface area contributed by atoms with Crippen molar-refractivity contribution in [1.29, 1.82) is 0 Å². The van der Waals surface area contributed by atoms with Gasteiger partial charge in [-0.25, -0.2) is 8.93 Å². The second-order valence-corrected chi connectivity index (χ2v) is 9.00. The third-order valence-corrected chi connectivity index (χ3v) is 5.08. The van der Waals surface area contributed by atoms with E-state index in [1.54, 1.807) is 6.20 Å². The number of hydrogen-bond acceptors (Lipinski definition) is 4. The molecule has 22 heavy (non-hydrogen) atoms. The minimum atomic E-state index is -1.18. The van der Waals surface area contributed by atoms with Crippen molar-refractivity contribution in [2.45, 2.75) is 63.7 Å². The summed E-state index contributed by atoms with van der Waals surface area (Å²) in [6, 6.07) is 5.69. The molecule has 1 aromatic rings. The van der Waals surface area contributed by atoms with Crippen LogP contribution in [0.1, 0.15) is 40.3 Å². The first-order chi connectivity index (χ1) is 10.2. The summed E-state index contributed by atoms with van der Waals surface area (Å²) in [5, 5.41) is 0. The average molecular weight is 326 g/mol. The van der Waals surface area contributed by atoms with Gasteiger partial charge in [0.25, 0.3) is 0 Å². The van der Waals surface area contributed by atoms with Crippen LogP contribution in [0.3, 0.4) is 0 Å². The molecule has 6 heteroatoms. The van der Waals surface area contributed by atoms with Crippen molar-refractivity contribution < 1.29 is 13.7 Å². The molecule has 5 nitrogen and oxygen atoms in total. The van der Waals surface area contributed by atoms with Gasteiger partial charge in [-0.1, -0.05) is 6.07 Å². The Balaban J connectivity index is 2.12. The van der Waals surface area contributed by atoms with Gasteiger partial charge in [0.05, 0.1) is 28.4 Å². The van der Waals surface area contributed by atoms with E-state index in [1.165, 1.54) is 0 Å². The number of ether oxygens (including phenoxy) is 2. The predicted molar refractivity (Wildman–Crippen MR) is 87.7 cm³/mol. The molecule has 0 amide bonds. The first kappa shape index (κ1) is 17.5. The standard InChI is InChI=1S/C16H26N2O3S/c1-15(2,3)22(19)18-13(10-12-8-6-7-9-17-12)14-11-20-16(4,5)21-14/h6-9,13-14,18H,10-11H2,1-5H3/t13-,14+,22+/m0/s1. The average Bonchev–Trinajstić information content (AvgIpc) is 2.78. The number of pyridine rings is 1.